The highest BCUT2D eigenvalue weighted by Gasteiger charge is 2.22. The third-order valence-electron chi connectivity index (χ3n) is 5.20. The lowest BCUT2D eigenvalue weighted by atomic mass is 10.0. The van der Waals surface area contributed by atoms with Crippen molar-refractivity contribution in [3.05, 3.63) is 12.4 Å². The number of carbonyl (C=O) groups excluding carboxylic acids is 1. The molecule has 1 atom stereocenters. The summed E-state index contributed by atoms with van der Waals surface area (Å²) in [6, 6.07) is 2.41. The Balaban J connectivity index is 1.59. The van der Waals surface area contributed by atoms with Crippen LogP contribution in [0.1, 0.15) is 33.6 Å². The van der Waals surface area contributed by atoms with Crippen molar-refractivity contribution in [2.45, 2.75) is 39.7 Å². The van der Waals surface area contributed by atoms with Crippen LogP contribution in [-0.2, 0) is 0 Å². The zero-order chi connectivity index (χ0) is 17.8. The fourth-order valence-corrected chi connectivity index (χ4v) is 3.62. The van der Waals surface area contributed by atoms with Gasteiger partial charge in [-0.1, -0.05) is 6.92 Å². The number of aromatic nitrogens is 2. The molecular formula is C18H30N6O. The van der Waals surface area contributed by atoms with E-state index in [1.165, 1.54) is 6.42 Å². The Labute approximate surface area is 150 Å². The van der Waals surface area contributed by atoms with Crippen LogP contribution in [0.5, 0.6) is 0 Å². The van der Waals surface area contributed by atoms with Gasteiger partial charge in [0, 0.05) is 51.4 Å². The highest BCUT2D eigenvalue weighted by Crippen LogP contribution is 2.19. The van der Waals surface area contributed by atoms with Crippen molar-refractivity contribution in [3.8, 4) is 0 Å². The van der Waals surface area contributed by atoms with Crippen molar-refractivity contribution < 1.29 is 4.79 Å². The van der Waals surface area contributed by atoms with Gasteiger partial charge >= 0.3 is 6.03 Å². The van der Waals surface area contributed by atoms with E-state index in [1.807, 2.05) is 11.0 Å². The Kier molecular flexibility index (Phi) is 5.73. The topological polar surface area (TPSA) is 64.6 Å². The van der Waals surface area contributed by atoms with Gasteiger partial charge in [-0.15, -0.1) is 0 Å². The highest BCUT2D eigenvalue weighted by atomic mass is 16.2. The molecule has 0 radical (unpaired) electrons. The van der Waals surface area contributed by atoms with Crippen LogP contribution in [0.4, 0.5) is 16.4 Å². The standard InChI is InChI=1S/C18H30N6O/c1-14(2)22-7-9-23(10-8-22)17-11-16(19-13-20-17)21-18(25)24-6-4-5-15(3)12-24/h11,13-15H,4-10,12H2,1-3H3,(H,19,20,21,25). The van der Waals surface area contributed by atoms with Gasteiger partial charge in [-0.3, -0.25) is 10.2 Å². The fraction of sp³-hybridized carbons (Fsp3) is 0.722. The lowest BCUT2D eigenvalue weighted by molar-refractivity contribution is 0.182. The van der Waals surface area contributed by atoms with Crippen molar-refractivity contribution in [1.82, 2.24) is 19.8 Å². The Morgan fingerprint density at radius 3 is 2.64 bits per heavy atom. The molecule has 2 saturated heterocycles. The molecule has 1 N–H and O–H groups in total. The van der Waals surface area contributed by atoms with Crippen molar-refractivity contribution in [2.75, 3.05) is 49.5 Å². The highest BCUT2D eigenvalue weighted by molar-refractivity contribution is 5.88. The zero-order valence-corrected chi connectivity index (χ0v) is 15.6. The van der Waals surface area contributed by atoms with Gasteiger partial charge in [-0.25, -0.2) is 14.8 Å². The Hall–Kier alpha value is -1.89. The van der Waals surface area contributed by atoms with E-state index in [0.717, 1.165) is 51.5 Å². The molecule has 7 nitrogen and oxygen atoms in total. The van der Waals surface area contributed by atoms with E-state index >= 15 is 0 Å². The lowest BCUT2D eigenvalue weighted by Gasteiger charge is -2.37. The van der Waals surface area contributed by atoms with Gasteiger partial charge in [-0.2, -0.15) is 0 Å². The van der Waals surface area contributed by atoms with E-state index in [0.29, 0.717) is 17.8 Å². The van der Waals surface area contributed by atoms with E-state index in [2.05, 4.69) is 45.9 Å². The molecule has 1 aromatic rings. The maximum atomic E-state index is 12.5. The zero-order valence-electron chi connectivity index (χ0n) is 15.6. The van der Waals surface area contributed by atoms with Gasteiger partial charge in [0.1, 0.15) is 18.0 Å². The van der Waals surface area contributed by atoms with E-state index < -0.39 is 0 Å². The number of urea groups is 1. The molecule has 25 heavy (non-hydrogen) atoms. The largest absolute Gasteiger partial charge is 0.354 e. The van der Waals surface area contributed by atoms with Crippen LogP contribution in [0.2, 0.25) is 0 Å². The Bertz CT molecular complexity index is 585. The molecule has 2 aliphatic heterocycles. The van der Waals surface area contributed by atoms with Gasteiger partial charge in [-0.05, 0) is 32.6 Å². The van der Waals surface area contributed by atoms with Crippen molar-refractivity contribution in [3.63, 3.8) is 0 Å². The quantitative estimate of drug-likeness (QED) is 0.909. The second kappa shape index (κ2) is 7.99. The SMILES string of the molecule is CC1CCCN(C(=O)Nc2cc(N3CCN(C(C)C)CC3)ncn2)C1. The molecular weight excluding hydrogens is 316 g/mol. The first-order chi connectivity index (χ1) is 12.0. The number of piperidine rings is 1. The summed E-state index contributed by atoms with van der Waals surface area (Å²) in [5.41, 5.74) is 0. The molecule has 2 fully saturated rings. The summed E-state index contributed by atoms with van der Waals surface area (Å²) in [4.78, 5) is 27.7. The number of likely N-dealkylation sites (tertiary alicyclic amines) is 1. The second-order valence-corrected chi connectivity index (χ2v) is 7.50. The van der Waals surface area contributed by atoms with Crippen LogP contribution < -0.4 is 10.2 Å². The van der Waals surface area contributed by atoms with Crippen LogP contribution in [0.3, 0.4) is 0 Å². The number of hydrogen-bond acceptors (Lipinski definition) is 5. The predicted molar refractivity (Wildman–Crippen MR) is 99.9 cm³/mol. The monoisotopic (exact) mass is 346 g/mol. The third-order valence-corrected chi connectivity index (χ3v) is 5.20. The first-order valence-electron chi connectivity index (χ1n) is 9.40. The average molecular weight is 346 g/mol. The number of carbonyl (C=O) groups is 1. The predicted octanol–water partition coefficient (Wildman–Crippen LogP) is 2.27. The molecule has 3 rings (SSSR count). The molecule has 1 aromatic heterocycles. The summed E-state index contributed by atoms with van der Waals surface area (Å²) < 4.78 is 0. The smallest absolute Gasteiger partial charge is 0.323 e. The molecule has 0 aliphatic carbocycles. The van der Waals surface area contributed by atoms with Crippen LogP contribution >= 0.6 is 0 Å². The lowest BCUT2D eigenvalue weighted by Crippen LogP contribution is -2.49. The molecule has 138 valence electrons. The number of anilines is 2. The van der Waals surface area contributed by atoms with Gasteiger partial charge in [0.25, 0.3) is 0 Å². The summed E-state index contributed by atoms with van der Waals surface area (Å²) in [6.07, 6.45) is 3.81. The van der Waals surface area contributed by atoms with E-state index in [1.54, 1.807) is 6.33 Å². The van der Waals surface area contributed by atoms with E-state index in [9.17, 15) is 4.79 Å². The minimum absolute atomic E-state index is 0.0548. The number of nitrogens with one attached hydrogen (secondary N) is 1. The van der Waals surface area contributed by atoms with Crippen molar-refractivity contribution in [2.24, 2.45) is 5.92 Å². The van der Waals surface area contributed by atoms with Gasteiger partial charge in [0.15, 0.2) is 0 Å². The van der Waals surface area contributed by atoms with Crippen molar-refractivity contribution >= 4 is 17.7 Å². The summed E-state index contributed by atoms with van der Waals surface area (Å²) in [5.74, 6) is 2.04. The number of rotatable bonds is 3. The Morgan fingerprint density at radius 2 is 1.96 bits per heavy atom. The molecule has 0 bridgehead atoms. The molecule has 7 heteroatoms. The van der Waals surface area contributed by atoms with Crippen LogP contribution in [0.25, 0.3) is 0 Å². The third kappa shape index (κ3) is 4.60. The van der Waals surface area contributed by atoms with Crippen LogP contribution in [-0.4, -0.2) is 71.1 Å². The molecule has 1 unspecified atom stereocenters. The molecule has 0 aromatic carbocycles. The summed E-state index contributed by atoms with van der Waals surface area (Å²) in [6.45, 7) is 12.3. The molecule has 3 heterocycles. The van der Waals surface area contributed by atoms with E-state index in [4.69, 9.17) is 0 Å². The van der Waals surface area contributed by atoms with Gasteiger partial charge in [0.05, 0.1) is 0 Å². The summed E-state index contributed by atoms with van der Waals surface area (Å²) >= 11 is 0. The van der Waals surface area contributed by atoms with Crippen molar-refractivity contribution in [1.29, 1.82) is 0 Å². The summed E-state index contributed by atoms with van der Waals surface area (Å²) in [5, 5.41) is 2.94. The van der Waals surface area contributed by atoms with Crippen LogP contribution in [0.15, 0.2) is 12.4 Å². The minimum atomic E-state index is -0.0548. The van der Waals surface area contributed by atoms with E-state index in [-0.39, 0.29) is 6.03 Å². The molecule has 0 saturated carbocycles. The number of nitrogens with zero attached hydrogens (tertiary/aromatic N) is 5. The second-order valence-electron chi connectivity index (χ2n) is 7.50. The molecule has 2 amide bonds. The number of amides is 2. The maximum absolute atomic E-state index is 12.5. The summed E-state index contributed by atoms with van der Waals surface area (Å²) in [7, 11) is 0. The average Bonchev–Trinajstić information content (AvgIpc) is 2.62. The maximum Gasteiger partial charge on any atom is 0.323 e. The first-order valence-corrected chi connectivity index (χ1v) is 9.40. The number of piperazine rings is 1. The fourth-order valence-electron chi connectivity index (χ4n) is 3.62. The Morgan fingerprint density at radius 1 is 1.20 bits per heavy atom. The van der Waals surface area contributed by atoms with Gasteiger partial charge in [0.2, 0.25) is 0 Å². The molecule has 0 spiro atoms. The minimum Gasteiger partial charge on any atom is -0.354 e. The molecule has 2 aliphatic rings. The first kappa shape index (κ1) is 17.9. The number of hydrogen-bond donors (Lipinski definition) is 1. The van der Waals surface area contributed by atoms with Gasteiger partial charge < -0.3 is 9.80 Å². The normalized spacial score (nSPS) is 22.3. The van der Waals surface area contributed by atoms with Crippen LogP contribution in [0, 0.1) is 5.92 Å².